The predicted molar refractivity (Wildman–Crippen MR) is 133 cm³/mol. The molecule has 2 heteroatoms. The molecule has 2 nitrogen and oxygen atoms in total. The van der Waals surface area contributed by atoms with Gasteiger partial charge < -0.3 is 4.74 Å². The largest absolute Gasteiger partial charge is 0.465 e. The maximum Gasteiger partial charge on any atom is 0.308 e. The first-order valence-corrected chi connectivity index (χ1v) is 13.9. The van der Waals surface area contributed by atoms with Gasteiger partial charge in [-0.05, 0) is 31.6 Å². The quantitative estimate of drug-likeness (QED) is 0.120. The van der Waals surface area contributed by atoms with Gasteiger partial charge in [-0.1, -0.05) is 130 Å². The summed E-state index contributed by atoms with van der Waals surface area (Å²) in [5.74, 6) is 0.807. The Morgan fingerprint density at radius 2 is 0.933 bits per heavy atom. The van der Waals surface area contributed by atoms with E-state index in [2.05, 4.69) is 27.7 Å². The van der Waals surface area contributed by atoms with E-state index in [1.165, 1.54) is 103 Å². The molecule has 0 saturated heterocycles. The molecule has 30 heavy (non-hydrogen) atoms. The van der Waals surface area contributed by atoms with Gasteiger partial charge in [0.1, 0.15) is 0 Å². The second-order valence-electron chi connectivity index (χ2n) is 9.59. The highest BCUT2D eigenvalue weighted by atomic mass is 16.5. The molecule has 0 aromatic rings. The summed E-state index contributed by atoms with van der Waals surface area (Å²) in [5.41, 5.74) is 0. The highest BCUT2D eigenvalue weighted by molar-refractivity contribution is 5.72. The highest BCUT2D eigenvalue weighted by Gasteiger charge is 2.21. The van der Waals surface area contributed by atoms with Crippen molar-refractivity contribution in [3.63, 3.8) is 0 Å². The lowest BCUT2D eigenvalue weighted by Gasteiger charge is -2.20. The molecule has 0 amide bonds. The maximum atomic E-state index is 12.8. The van der Waals surface area contributed by atoms with Crippen LogP contribution in [0.4, 0.5) is 0 Å². The van der Waals surface area contributed by atoms with Gasteiger partial charge in [0.25, 0.3) is 0 Å². The lowest BCUT2D eigenvalue weighted by atomic mass is 9.94. The number of carbonyl (C=O) groups is 1. The molecule has 0 N–H and O–H groups in total. The van der Waals surface area contributed by atoms with Crippen LogP contribution in [0.15, 0.2) is 0 Å². The number of unbranched alkanes of at least 4 members (excludes halogenated alkanes) is 12. The minimum atomic E-state index is 0.0986. The summed E-state index contributed by atoms with van der Waals surface area (Å²) in [5, 5.41) is 0. The van der Waals surface area contributed by atoms with Crippen LogP contribution in [-0.4, -0.2) is 12.6 Å². The summed E-state index contributed by atoms with van der Waals surface area (Å²) in [6.07, 6.45) is 25.1. The van der Waals surface area contributed by atoms with E-state index in [9.17, 15) is 4.79 Å². The fourth-order valence-electron chi connectivity index (χ4n) is 4.35. The molecule has 0 aromatic carbocycles. The van der Waals surface area contributed by atoms with E-state index in [1.807, 2.05) is 0 Å². The van der Waals surface area contributed by atoms with Gasteiger partial charge in [0.15, 0.2) is 0 Å². The first-order chi connectivity index (χ1) is 14.7. The second kappa shape index (κ2) is 23.1. The molecule has 0 heterocycles. The van der Waals surface area contributed by atoms with Gasteiger partial charge in [0, 0.05) is 0 Å². The molecule has 2 atom stereocenters. The molecule has 0 aliphatic heterocycles. The van der Waals surface area contributed by atoms with Crippen LogP contribution >= 0.6 is 0 Å². The van der Waals surface area contributed by atoms with Crippen LogP contribution in [0.5, 0.6) is 0 Å². The van der Waals surface area contributed by atoms with Crippen molar-refractivity contribution in [2.24, 2.45) is 11.8 Å². The van der Waals surface area contributed by atoms with E-state index < -0.39 is 0 Å². The number of ether oxygens (including phenoxy) is 1. The molecule has 180 valence electrons. The van der Waals surface area contributed by atoms with Crippen LogP contribution in [0.1, 0.15) is 156 Å². The molecule has 0 spiro atoms. The molecule has 0 aliphatic carbocycles. The Kier molecular flexibility index (Phi) is 22.7. The Balaban J connectivity index is 4.42. The molecule has 0 saturated carbocycles. The zero-order valence-corrected chi connectivity index (χ0v) is 21.3. The summed E-state index contributed by atoms with van der Waals surface area (Å²) in [6, 6.07) is 0. The van der Waals surface area contributed by atoms with E-state index in [0.717, 1.165) is 25.7 Å². The number of rotatable bonds is 23. The SMILES string of the molecule is CCCCCCCCC(CCCCCC)COC(=O)C(CCCC)CCCCCC. The van der Waals surface area contributed by atoms with Gasteiger partial charge in [0.05, 0.1) is 12.5 Å². The van der Waals surface area contributed by atoms with Crippen molar-refractivity contribution < 1.29 is 9.53 Å². The summed E-state index contributed by atoms with van der Waals surface area (Å²) in [6.45, 7) is 9.67. The Morgan fingerprint density at radius 3 is 1.47 bits per heavy atom. The zero-order valence-electron chi connectivity index (χ0n) is 21.3. The molecule has 0 rings (SSSR count). The molecule has 0 aliphatic rings. The summed E-state index contributed by atoms with van der Waals surface area (Å²) < 4.78 is 5.93. The number of carbonyl (C=O) groups excluding carboxylic acids is 1. The summed E-state index contributed by atoms with van der Waals surface area (Å²) in [4.78, 5) is 12.8. The van der Waals surface area contributed by atoms with Gasteiger partial charge in [-0.25, -0.2) is 0 Å². The Hall–Kier alpha value is -0.530. The Bertz CT molecular complexity index is 353. The van der Waals surface area contributed by atoms with Crippen molar-refractivity contribution in [1.29, 1.82) is 0 Å². The first-order valence-electron chi connectivity index (χ1n) is 13.9. The Morgan fingerprint density at radius 1 is 0.533 bits per heavy atom. The minimum Gasteiger partial charge on any atom is -0.465 e. The zero-order chi connectivity index (χ0) is 22.3. The van der Waals surface area contributed by atoms with Crippen LogP contribution in [0.25, 0.3) is 0 Å². The lowest BCUT2D eigenvalue weighted by molar-refractivity contribution is -0.150. The van der Waals surface area contributed by atoms with Crippen molar-refractivity contribution in [3.8, 4) is 0 Å². The predicted octanol–water partition coefficient (Wildman–Crippen LogP) is 9.64. The third-order valence-electron chi connectivity index (χ3n) is 6.54. The summed E-state index contributed by atoms with van der Waals surface area (Å²) in [7, 11) is 0. The molecular weight excluding hydrogens is 368 g/mol. The van der Waals surface area contributed by atoms with Crippen LogP contribution in [0.2, 0.25) is 0 Å². The molecule has 0 fully saturated rings. The fourth-order valence-corrected chi connectivity index (χ4v) is 4.35. The van der Waals surface area contributed by atoms with E-state index in [0.29, 0.717) is 12.5 Å². The van der Waals surface area contributed by atoms with Gasteiger partial charge in [0.2, 0.25) is 0 Å². The fraction of sp³-hybridized carbons (Fsp3) is 0.964. The maximum absolute atomic E-state index is 12.8. The highest BCUT2D eigenvalue weighted by Crippen LogP contribution is 2.22. The Labute approximate surface area is 190 Å². The van der Waals surface area contributed by atoms with Crippen molar-refractivity contribution in [1.82, 2.24) is 0 Å². The van der Waals surface area contributed by atoms with Crippen molar-refractivity contribution in [3.05, 3.63) is 0 Å². The normalized spacial score (nSPS) is 13.3. The topological polar surface area (TPSA) is 26.3 Å². The van der Waals surface area contributed by atoms with Crippen LogP contribution in [0, 0.1) is 11.8 Å². The van der Waals surface area contributed by atoms with Crippen LogP contribution in [-0.2, 0) is 9.53 Å². The summed E-state index contributed by atoms with van der Waals surface area (Å²) >= 11 is 0. The standard InChI is InChI=1S/C28H56O2/c1-5-9-13-16-17-19-22-26(21-18-14-10-6-2)25-30-28(29)27(23-12-8-4)24-20-15-11-7-3/h26-27H,5-25H2,1-4H3. The number of esters is 1. The van der Waals surface area contributed by atoms with Crippen LogP contribution in [0.3, 0.4) is 0 Å². The van der Waals surface area contributed by atoms with E-state index in [1.54, 1.807) is 0 Å². The van der Waals surface area contributed by atoms with E-state index >= 15 is 0 Å². The van der Waals surface area contributed by atoms with Crippen LogP contribution < -0.4 is 0 Å². The number of hydrogen-bond acceptors (Lipinski definition) is 2. The van der Waals surface area contributed by atoms with E-state index in [4.69, 9.17) is 4.74 Å². The number of hydrogen-bond donors (Lipinski definition) is 0. The van der Waals surface area contributed by atoms with E-state index in [-0.39, 0.29) is 11.9 Å². The van der Waals surface area contributed by atoms with Crippen molar-refractivity contribution in [2.75, 3.05) is 6.61 Å². The minimum absolute atomic E-state index is 0.0986. The van der Waals surface area contributed by atoms with Gasteiger partial charge in [-0.3, -0.25) is 4.79 Å². The van der Waals surface area contributed by atoms with Crippen molar-refractivity contribution >= 4 is 5.97 Å². The van der Waals surface area contributed by atoms with Gasteiger partial charge in [-0.2, -0.15) is 0 Å². The molecule has 0 bridgehead atoms. The molecular formula is C28H56O2. The van der Waals surface area contributed by atoms with Gasteiger partial charge >= 0.3 is 5.97 Å². The molecule has 2 unspecified atom stereocenters. The average molecular weight is 425 g/mol. The molecule has 0 aromatic heterocycles. The van der Waals surface area contributed by atoms with Crippen molar-refractivity contribution in [2.45, 2.75) is 156 Å². The third-order valence-corrected chi connectivity index (χ3v) is 6.54. The van der Waals surface area contributed by atoms with Gasteiger partial charge in [-0.15, -0.1) is 0 Å². The average Bonchev–Trinajstić information content (AvgIpc) is 2.76. The monoisotopic (exact) mass is 424 g/mol. The smallest absolute Gasteiger partial charge is 0.308 e. The second-order valence-corrected chi connectivity index (χ2v) is 9.59. The lowest BCUT2D eigenvalue weighted by Crippen LogP contribution is -2.22. The molecule has 0 radical (unpaired) electrons. The third kappa shape index (κ3) is 18.3. The first kappa shape index (κ1) is 29.5.